The summed E-state index contributed by atoms with van der Waals surface area (Å²) < 4.78 is 0. The Morgan fingerprint density at radius 1 is 1.42 bits per heavy atom. The molecule has 98 valence electrons. The summed E-state index contributed by atoms with van der Waals surface area (Å²) >= 11 is 0. The second-order valence-corrected chi connectivity index (χ2v) is 5.19. The zero-order valence-electron chi connectivity index (χ0n) is 11.1. The molecule has 3 rings (SSSR count). The molecule has 19 heavy (non-hydrogen) atoms. The minimum Gasteiger partial charge on any atom is -0.594 e. The average Bonchev–Trinajstić information content (AvgIpc) is 2.79. The molecule has 0 bridgehead atoms. The molecule has 0 amide bonds. The lowest BCUT2D eigenvalue weighted by Crippen LogP contribution is -2.34. The lowest BCUT2D eigenvalue weighted by molar-refractivity contribution is -0.644. The molecule has 1 aliphatic carbocycles. The van der Waals surface area contributed by atoms with E-state index in [0.717, 1.165) is 18.4 Å². The van der Waals surface area contributed by atoms with Crippen molar-refractivity contribution in [1.29, 1.82) is 0 Å². The number of hydrogen-bond acceptors (Lipinski definition) is 3. The molecule has 0 N–H and O–H groups in total. The van der Waals surface area contributed by atoms with E-state index in [0.29, 0.717) is 28.5 Å². The van der Waals surface area contributed by atoms with Gasteiger partial charge >= 0.3 is 0 Å². The number of nitrogens with zero attached hydrogens (tertiary/aromatic N) is 3. The third kappa shape index (κ3) is 2.07. The van der Waals surface area contributed by atoms with Crippen molar-refractivity contribution in [3.05, 3.63) is 46.9 Å². The Balaban J connectivity index is 2.12. The van der Waals surface area contributed by atoms with Crippen molar-refractivity contribution in [1.82, 2.24) is 10.1 Å². The van der Waals surface area contributed by atoms with E-state index in [1.807, 2.05) is 6.07 Å². The van der Waals surface area contributed by atoms with Crippen LogP contribution >= 0.6 is 0 Å². The first-order valence-electron chi connectivity index (χ1n) is 6.74. The molecule has 4 heteroatoms. The first-order chi connectivity index (χ1) is 9.21. The van der Waals surface area contributed by atoms with Crippen molar-refractivity contribution in [3.8, 4) is 0 Å². The van der Waals surface area contributed by atoms with Gasteiger partial charge in [-0.25, -0.2) is 4.98 Å². The number of aromatic nitrogens is 3. The van der Waals surface area contributed by atoms with Crippen LogP contribution in [0.4, 0.5) is 0 Å². The third-order valence-corrected chi connectivity index (χ3v) is 3.88. The van der Waals surface area contributed by atoms with E-state index in [2.05, 4.69) is 29.7 Å². The number of allylic oxidation sites excluding steroid dienone is 1. The third-order valence-electron chi connectivity index (χ3n) is 3.88. The highest BCUT2D eigenvalue weighted by atomic mass is 16.5. The highest BCUT2D eigenvalue weighted by Gasteiger charge is 2.23. The largest absolute Gasteiger partial charge is 0.594 e. The van der Waals surface area contributed by atoms with Gasteiger partial charge in [-0.05, 0) is 40.8 Å². The second kappa shape index (κ2) is 4.61. The van der Waals surface area contributed by atoms with Crippen LogP contribution in [-0.2, 0) is 19.3 Å². The van der Waals surface area contributed by atoms with Crippen LogP contribution in [0.3, 0.4) is 0 Å². The van der Waals surface area contributed by atoms with E-state index in [1.165, 1.54) is 17.5 Å². The molecule has 0 radical (unpaired) electrons. The molecule has 1 aromatic carbocycles. The SMILES string of the molecule is C=CCc1nc2cc3c(cc2[n+]([O-])n1)CC(CC)C3. The fourth-order valence-electron chi connectivity index (χ4n) is 2.80. The van der Waals surface area contributed by atoms with Crippen LogP contribution in [0.2, 0.25) is 0 Å². The summed E-state index contributed by atoms with van der Waals surface area (Å²) in [6, 6.07) is 4.02. The van der Waals surface area contributed by atoms with Gasteiger partial charge in [-0.15, -0.1) is 6.58 Å². The average molecular weight is 255 g/mol. The van der Waals surface area contributed by atoms with E-state index in [-0.39, 0.29) is 0 Å². The molecule has 0 spiro atoms. The quantitative estimate of drug-likeness (QED) is 0.479. The fourth-order valence-corrected chi connectivity index (χ4v) is 2.80. The molecular weight excluding hydrogens is 238 g/mol. The van der Waals surface area contributed by atoms with Gasteiger partial charge in [0.15, 0.2) is 0 Å². The fraction of sp³-hybridized carbons (Fsp3) is 0.400. The van der Waals surface area contributed by atoms with Gasteiger partial charge in [0.1, 0.15) is 5.52 Å². The lowest BCUT2D eigenvalue weighted by atomic mass is 10.0. The number of rotatable bonds is 3. The van der Waals surface area contributed by atoms with Crippen LogP contribution in [0, 0.1) is 11.1 Å². The number of benzene rings is 1. The topological polar surface area (TPSA) is 52.7 Å². The standard InChI is InChI=1S/C15H17N3O/c1-3-5-15-16-13-8-11-6-10(4-2)7-12(11)9-14(13)18(19)17-15/h3,8-10H,1,4-7H2,2H3. The maximum absolute atomic E-state index is 12.0. The highest BCUT2D eigenvalue weighted by Crippen LogP contribution is 2.30. The first-order valence-corrected chi connectivity index (χ1v) is 6.74. The summed E-state index contributed by atoms with van der Waals surface area (Å²) in [5.74, 6) is 1.23. The van der Waals surface area contributed by atoms with Crippen LogP contribution in [0.1, 0.15) is 30.3 Å². The lowest BCUT2D eigenvalue weighted by Gasteiger charge is -2.03. The van der Waals surface area contributed by atoms with Gasteiger partial charge in [-0.3, -0.25) is 0 Å². The predicted octanol–water partition coefficient (Wildman–Crippen LogP) is 2.12. The van der Waals surface area contributed by atoms with Gasteiger partial charge in [-0.1, -0.05) is 19.4 Å². The maximum atomic E-state index is 12.0. The summed E-state index contributed by atoms with van der Waals surface area (Å²) in [4.78, 5) is 5.15. The van der Waals surface area contributed by atoms with Crippen molar-refractivity contribution in [2.75, 3.05) is 0 Å². The minimum absolute atomic E-state index is 0.521. The van der Waals surface area contributed by atoms with Gasteiger partial charge in [0.05, 0.1) is 0 Å². The van der Waals surface area contributed by atoms with Gasteiger partial charge in [0.2, 0.25) is 5.82 Å². The summed E-state index contributed by atoms with van der Waals surface area (Å²) in [6.07, 6.45) is 5.57. The van der Waals surface area contributed by atoms with E-state index >= 15 is 0 Å². The van der Waals surface area contributed by atoms with Crippen LogP contribution < -0.4 is 4.85 Å². The van der Waals surface area contributed by atoms with Crippen molar-refractivity contribution in [2.24, 2.45) is 5.92 Å². The van der Waals surface area contributed by atoms with Crippen LogP contribution in [0.15, 0.2) is 24.8 Å². The van der Waals surface area contributed by atoms with Crippen molar-refractivity contribution >= 4 is 11.0 Å². The van der Waals surface area contributed by atoms with E-state index in [4.69, 9.17) is 0 Å². The summed E-state index contributed by atoms with van der Waals surface area (Å²) in [5.41, 5.74) is 3.94. The molecule has 1 aromatic heterocycles. The number of hydrogen-bond donors (Lipinski definition) is 0. The molecule has 0 aliphatic heterocycles. The Labute approximate surface area is 112 Å². The molecule has 4 nitrogen and oxygen atoms in total. The molecule has 2 aromatic rings. The van der Waals surface area contributed by atoms with Gasteiger partial charge in [0, 0.05) is 17.6 Å². The van der Waals surface area contributed by atoms with Crippen LogP contribution in [-0.4, -0.2) is 10.1 Å². The second-order valence-electron chi connectivity index (χ2n) is 5.19. The Morgan fingerprint density at radius 3 is 2.84 bits per heavy atom. The molecule has 1 unspecified atom stereocenters. The predicted molar refractivity (Wildman–Crippen MR) is 73.6 cm³/mol. The van der Waals surface area contributed by atoms with E-state index in [9.17, 15) is 5.21 Å². The van der Waals surface area contributed by atoms with Crippen molar-refractivity contribution < 1.29 is 4.85 Å². The summed E-state index contributed by atoms with van der Waals surface area (Å²) in [5, 5.41) is 15.9. The number of fused-ring (bicyclic) bond motifs is 2. The molecule has 1 atom stereocenters. The van der Waals surface area contributed by atoms with E-state index in [1.54, 1.807) is 6.08 Å². The zero-order valence-corrected chi connectivity index (χ0v) is 11.1. The Kier molecular flexibility index (Phi) is 2.93. The monoisotopic (exact) mass is 255 g/mol. The summed E-state index contributed by atoms with van der Waals surface area (Å²) in [7, 11) is 0. The molecule has 0 fully saturated rings. The first kappa shape index (κ1) is 12.1. The zero-order chi connectivity index (χ0) is 13.4. The Hall–Kier alpha value is -1.97. The van der Waals surface area contributed by atoms with Crippen molar-refractivity contribution in [3.63, 3.8) is 0 Å². The van der Waals surface area contributed by atoms with Gasteiger partial charge in [0.25, 0.3) is 5.52 Å². The minimum atomic E-state index is 0.521. The van der Waals surface area contributed by atoms with Crippen LogP contribution in [0.25, 0.3) is 11.0 Å². The molecule has 1 heterocycles. The van der Waals surface area contributed by atoms with Crippen molar-refractivity contribution in [2.45, 2.75) is 32.6 Å². The van der Waals surface area contributed by atoms with Gasteiger partial charge < -0.3 is 5.21 Å². The molecule has 0 saturated carbocycles. The molecule has 1 aliphatic rings. The Bertz CT molecular complexity index is 651. The smallest absolute Gasteiger partial charge is 0.270 e. The van der Waals surface area contributed by atoms with E-state index < -0.39 is 0 Å². The molecule has 0 saturated heterocycles. The summed E-state index contributed by atoms with van der Waals surface area (Å²) in [6.45, 7) is 5.87. The normalized spacial score (nSPS) is 17.6. The highest BCUT2D eigenvalue weighted by molar-refractivity contribution is 5.73. The molecular formula is C15H17N3O. The van der Waals surface area contributed by atoms with Crippen LogP contribution in [0.5, 0.6) is 0 Å². The Morgan fingerprint density at radius 2 is 2.16 bits per heavy atom. The van der Waals surface area contributed by atoms with Gasteiger partial charge in [-0.2, -0.15) is 0 Å². The maximum Gasteiger partial charge on any atom is 0.270 e.